The lowest BCUT2D eigenvalue weighted by atomic mass is 10.2. The van der Waals surface area contributed by atoms with Gasteiger partial charge in [-0.3, -0.25) is 4.98 Å². The van der Waals surface area contributed by atoms with E-state index in [9.17, 15) is 0 Å². The molecule has 0 fully saturated rings. The highest BCUT2D eigenvalue weighted by Crippen LogP contribution is 2.24. The second-order valence-electron chi connectivity index (χ2n) is 3.14. The minimum absolute atomic E-state index is 0.241. The Kier molecular flexibility index (Phi) is 5.69. The lowest BCUT2D eigenvalue weighted by Crippen LogP contribution is -1.82. The van der Waals surface area contributed by atoms with Crippen molar-refractivity contribution in [3.05, 3.63) is 34.1 Å². The molecule has 0 amide bonds. The van der Waals surface area contributed by atoms with E-state index in [0.717, 1.165) is 24.8 Å². The first-order chi connectivity index (χ1) is 7.25. The SMILES string of the molecule is OCCCC/C=C/c1c(Cl)cncc1Cl. The van der Waals surface area contributed by atoms with Gasteiger partial charge in [0.15, 0.2) is 0 Å². The predicted molar refractivity (Wildman–Crippen MR) is 64.2 cm³/mol. The number of hydrogen-bond acceptors (Lipinski definition) is 2. The van der Waals surface area contributed by atoms with Crippen LogP contribution in [0.15, 0.2) is 18.5 Å². The van der Waals surface area contributed by atoms with Gasteiger partial charge < -0.3 is 5.11 Å². The summed E-state index contributed by atoms with van der Waals surface area (Å²) in [5.74, 6) is 0. The van der Waals surface area contributed by atoms with Gasteiger partial charge in [0.1, 0.15) is 0 Å². The fourth-order valence-electron chi connectivity index (χ4n) is 1.16. The number of aliphatic hydroxyl groups excluding tert-OH is 1. The zero-order valence-electron chi connectivity index (χ0n) is 8.29. The number of nitrogens with zero attached hydrogens (tertiary/aromatic N) is 1. The van der Waals surface area contributed by atoms with Gasteiger partial charge in [0.05, 0.1) is 10.0 Å². The molecule has 4 heteroatoms. The van der Waals surface area contributed by atoms with Gasteiger partial charge in [0, 0.05) is 24.6 Å². The molecule has 0 atom stereocenters. The number of unbranched alkanes of at least 4 members (excludes halogenated alkanes) is 2. The van der Waals surface area contributed by atoms with Crippen LogP contribution in [0.25, 0.3) is 6.08 Å². The Balaban J connectivity index is 2.56. The largest absolute Gasteiger partial charge is 0.396 e. The van der Waals surface area contributed by atoms with Crippen LogP contribution in [0.5, 0.6) is 0 Å². The van der Waals surface area contributed by atoms with Gasteiger partial charge in [-0.2, -0.15) is 0 Å². The third-order valence-electron chi connectivity index (χ3n) is 1.95. The molecular weight excluding hydrogens is 233 g/mol. The van der Waals surface area contributed by atoms with Crippen molar-refractivity contribution in [2.45, 2.75) is 19.3 Å². The summed E-state index contributed by atoms with van der Waals surface area (Å²) in [6.45, 7) is 0.241. The summed E-state index contributed by atoms with van der Waals surface area (Å²) in [6.07, 6.45) is 9.74. The van der Waals surface area contributed by atoms with Crippen LogP contribution in [-0.4, -0.2) is 16.7 Å². The van der Waals surface area contributed by atoms with Crippen molar-refractivity contribution in [2.75, 3.05) is 6.61 Å². The van der Waals surface area contributed by atoms with E-state index in [1.807, 2.05) is 12.2 Å². The molecule has 0 radical (unpaired) electrons. The topological polar surface area (TPSA) is 33.1 Å². The van der Waals surface area contributed by atoms with Crippen LogP contribution >= 0.6 is 23.2 Å². The molecule has 1 heterocycles. The summed E-state index contributed by atoms with van der Waals surface area (Å²) >= 11 is 11.9. The van der Waals surface area contributed by atoms with Crippen LogP contribution in [0.4, 0.5) is 0 Å². The molecule has 0 aliphatic carbocycles. The first-order valence-electron chi connectivity index (χ1n) is 4.82. The van der Waals surface area contributed by atoms with Crippen molar-refractivity contribution in [3.63, 3.8) is 0 Å². The molecule has 0 bridgehead atoms. The van der Waals surface area contributed by atoms with Crippen LogP contribution in [0.2, 0.25) is 10.0 Å². The van der Waals surface area contributed by atoms with Gasteiger partial charge >= 0.3 is 0 Å². The summed E-state index contributed by atoms with van der Waals surface area (Å²) in [4.78, 5) is 3.87. The van der Waals surface area contributed by atoms with Crippen molar-refractivity contribution in [1.29, 1.82) is 0 Å². The van der Waals surface area contributed by atoms with E-state index in [4.69, 9.17) is 28.3 Å². The van der Waals surface area contributed by atoms with Gasteiger partial charge in [0.2, 0.25) is 0 Å². The summed E-state index contributed by atoms with van der Waals surface area (Å²) < 4.78 is 0. The van der Waals surface area contributed by atoms with E-state index in [2.05, 4.69) is 4.98 Å². The molecule has 0 aromatic carbocycles. The van der Waals surface area contributed by atoms with Crippen LogP contribution in [-0.2, 0) is 0 Å². The van der Waals surface area contributed by atoms with Crippen LogP contribution < -0.4 is 0 Å². The zero-order chi connectivity index (χ0) is 11.1. The maximum atomic E-state index is 8.60. The molecule has 0 aliphatic heterocycles. The number of halogens is 2. The van der Waals surface area contributed by atoms with E-state index >= 15 is 0 Å². The Morgan fingerprint density at radius 3 is 2.47 bits per heavy atom. The van der Waals surface area contributed by atoms with E-state index < -0.39 is 0 Å². The summed E-state index contributed by atoms with van der Waals surface area (Å²) in [5.41, 5.74) is 0.803. The number of aromatic nitrogens is 1. The van der Waals surface area contributed by atoms with Gasteiger partial charge in [-0.05, 0) is 19.3 Å². The Labute approximate surface area is 99.6 Å². The monoisotopic (exact) mass is 245 g/mol. The first-order valence-corrected chi connectivity index (χ1v) is 5.57. The van der Waals surface area contributed by atoms with E-state index in [1.54, 1.807) is 12.4 Å². The van der Waals surface area contributed by atoms with Gasteiger partial charge in [0.25, 0.3) is 0 Å². The Morgan fingerprint density at radius 1 is 1.20 bits per heavy atom. The second-order valence-corrected chi connectivity index (χ2v) is 3.95. The molecule has 1 rings (SSSR count). The van der Waals surface area contributed by atoms with Gasteiger partial charge in [-0.1, -0.05) is 35.4 Å². The highest BCUT2D eigenvalue weighted by atomic mass is 35.5. The Hall–Kier alpha value is -0.570. The zero-order valence-corrected chi connectivity index (χ0v) is 9.80. The molecule has 0 saturated heterocycles. The molecule has 0 spiro atoms. The normalized spacial score (nSPS) is 11.1. The average Bonchev–Trinajstić information content (AvgIpc) is 2.21. The van der Waals surface area contributed by atoms with Crippen LogP contribution in [0, 0.1) is 0 Å². The van der Waals surface area contributed by atoms with Crippen LogP contribution in [0.3, 0.4) is 0 Å². The third kappa shape index (κ3) is 4.20. The lowest BCUT2D eigenvalue weighted by molar-refractivity contribution is 0.285. The molecule has 1 N–H and O–H groups in total. The van der Waals surface area contributed by atoms with Crippen molar-refractivity contribution < 1.29 is 5.11 Å². The third-order valence-corrected chi connectivity index (χ3v) is 2.56. The fraction of sp³-hybridized carbons (Fsp3) is 0.364. The molecule has 0 aliphatic rings. The summed E-state index contributed by atoms with van der Waals surface area (Å²) in [7, 11) is 0. The number of hydrogen-bond donors (Lipinski definition) is 1. The number of allylic oxidation sites excluding steroid dienone is 1. The maximum absolute atomic E-state index is 8.60. The van der Waals surface area contributed by atoms with Gasteiger partial charge in [-0.15, -0.1) is 0 Å². The molecule has 1 aromatic heterocycles. The highest BCUT2D eigenvalue weighted by molar-refractivity contribution is 6.36. The molecular formula is C11H13Cl2NO. The molecule has 1 aromatic rings. The van der Waals surface area contributed by atoms with Gasteiger partial charge in [-0.25, -0.2) is 0 Å². The standard InChI is InChI=1S/C11H13Cl2NO/c12-10-7-14-8-11(13)9(10)5-3-1-2-4-6-15/h3,5,7-8,15H,1-2,4,6H2/b5-3+. The van der Waals surface area contributed by atoms with Crippen molar-refractivity contribution in [2.24, 2.45) is 0 Å². The number of aliphatic hydroxyl groups is 1. The Morgan fingerprint density at radius 2 is 1.87 bits per heavy atom. The quantitative estimate of drug-likeness (QED) is 0.805. The summed E-state index contributed by atoms with van der Waals surface area (Å²) in [5, 5.41) is 9.71. The van der Waals surface area contributed by atoms with Crippen molar-refractivity contribution in [3.8, 4) is 0 Å². The summed E-state index contributed by atoms with van der Waals surface area (Å²) in [6, 6.07) is 0. The molecule has 15 heavy (non-hydrogen) atoms. The lowest BCUT2D eigenvalue weighted by Gasteiger charge is -1.99. The van der Waals surface area contributed by atoms with E-state index in [0.29, 0.717) is 10.0 Å². The van der Waals surface area contributed by atoms with Crippen molar-refractivity contribution >= 4 is 29.3 Å². The Bertz CT molecular complexity index is 319. The van der Waals surface area contributed by atoms with E-state index in [1.165, 1.54) is 0 Å². The smallest absolute Gasteiger partial charge is 0.0676 e. The number of pyridine rings is 1. The highest BCUT2D eigenvalue weighted by Gasteiger charge is 2.01. The molecule has 0 saturated carbocycles. The minimum Gasteiger partial charge on any atom is -0.396 e. The molecule has 2 nitrogen and oxygen atoms in total. The first kappa shape index (κ1) is 12.5. The molecule has 82 valence electrons. The number of rotatable bonds is 5. The maximum Gasteiger partial charge on any atom is 0.0676 e. The van der Waals surface area contributed by atoms with Crippen molar-refractivity contribution in [1.82, 2.24) is 4.98 Å². The average molecular weight is 246 g/mol. The van der Waals surface area contributed by atoms with Crippen LogP contribution in [0.1, 0.15) is 24.8 Å². The minimum atomic E-state index is 0.241. The fourth-order valence-corrected chi connectivity index (χ4v) is 1.65. The van der Waals surface area contributed by atoms with E-state index in [-0.39, 0.29) is 6.61 Å². The predicted octanol–water partition coefficient (Wildman–Crippen LogP) is 3.56. The molecule has 0 unspecified atom stereocenters. The second kappa shape index (κ2) is 6.83.